The first kappa shape index (κ1) is 15.9. The SMILES string of the molecule is CCCN(CCN(C)C)Cc1cnc(NCC)cn1. The predicted octanol–water partition coefficient (Wildman–Crippen LogP) is 1.68. The molecule has 0 bridgehead atoms. The molecule has 1 heterocycles. The van der Waals surface area contributed by atoms with E-state index in [-0.39, 0.29) is 0 Å². The summed E-state index contributed by atoms with van der Waals surface area (Å²) in [5, 5.41) is 3.16. The Morgan fingerprint density at radius 3 is 2.37 bits per heavy atom. The first-order chi connectivity index (χ1) is 9.15. The summed E-state index contributed by atoms with van der Waals surface area (Å²) in [7, 11) is 4.21. The summed E-state index contributed by atoms with van der Waals surface area (Å²) >= 11 is 0. The largest absolute Gasteiger partial charge is 0.369 e. The van der Waals surface area contributed by atoms with Crippen LogP contribution in [-0.4, -0.2) is 60.0 Å². The zero-order valence-electron chi connectivity index (χ0n) is 12.7. The van der Waals surface area contributed by atoms with Gasteiger partial charge in [0.15, 0.2) is 0 Å². The fourth-order valence-corrected chi connectivity index (χ4v) is 1.87. The zero-order valence-corrected chi connectivity index (χ0v) is 12.7. The highest BCUT2D eigenvalue weighted by Crippen LogP contribution is 2.05. The molecular formula is C14H27N5. The fraction of sp³-hybridized carbons (Fsp3) is 0.714. The Morgan fingerprint density at radius 2 is 1.84 bits per heavy atom. The Labute approximate surface area is 117 Å². The van der Waals surface area contributed by atoms with E-state index >= 15 is 0 Å². The normalized spacial score (nSPS) is 11.3. The van der Waals surface area contributed by atoms with Crippen molar-refractivity contribution in [1.29, 1.82) is 0 Å². The Kier molecular flexibility index (Phi) is 7.36. The molecule has 0 fully saturated rings. The molecule has 108 valence electrons. The molecule has 1 N–H and O–H groups in total. The van der Waals surface area contributed by atoms with Crippen LogP contribution in [0.25, 0.3) is 0 Å². The summed E-state index contributed by atoms with van der Waals surface area (Å²) < 4.78 is 0. The van der Waals surface area contributed by atoms with Crippen LogP contribution in [0.1, 0.15) is 26.0 Å². The highest BCUT2D eigenvalue weighted by molar-refractivity contribution is 5.30. The van der Waals surface area contributed by atoms with E-state index in [0.29, 0.717) is 0 Å². The average molecular weight is 265 g/mol. The highest BCUT2D eigenvalue weighted by Gasteiger charge is 2.07. The van der Waals surface area contributed by atoms with Crippen molar-refractivity contribution < 1.29 is 0 Å². The molecule has 5 heteroatoms. The molecule has 0 radical (unpaired) electrons. The van der Waals surface area contributed by atoms with Crippen molar-refractivity contribution in [3.8, 4) is 0 Å². The highest BCUT2D eigenvalue weighted by atomic mass is 15.2. The second kappa shape index (κ2) is 8.82. The lowest BCUT2D eigenvalue weighted by atomic mass is 10.3. The molecule has 19 heavy (non-hydrogen) atoms. The van der Waals surface area contributed by atoms with E-state index in [2.05, 4.69) is 53.0 Å². The molecule has 0 aromatic carbocycles. The van der Waals surface area contributed by atoms with E-state index < -0.39 is 0 Å². The summed E-state index contributed by atoms with van der Waals surface area (Å²) in [6.07, 6.45) is 4.85. The van der Waals surface area contributed by atoms with Gasteiger partial charge in [0.1, 0.15) is 5.82 Å². The number of nitrogens with zero attached hydrogens (tertiary/aromatic N) is 4. The smallest absolute Gasteiger partial charge is 0.144 e. The standard InChI is InChI=1S/C14H27N5/c1-5-7-19(9-8-18(3)4)12-13-10-17-14(11-16-13)15-6-2/h10-11H,5-9,12H2,1-4H3,(H,15,17). The van der Waals surface area contributed by atoms with Crippen LogP contribution in [0.2, 0.25) is 0 Å². The van der Waals surface area contributed by atoms with Crippen molar-refractivity contribution in [2.75, 3.05) is 45.6 Å². The van der Waals surface area contributed by atoms with Gasteiger partial charge < -0.3 is 10.2 Å². The van der Waals surface area contributed by atoms with Gasteiger partial charge in [0.25, 0.3) is 0 Å². The van der Waals surface area contributed by atoms with Gasteiger partial charge >= 0.3 is 0 Å². The summed E-state index contributed by atoms with van der Waals surface area (Å²) in [5.74, 6) is 0.849. The molecule has 0 saturated heterocycles. The molecule has 0 aliphatic carbocycles. The van der Waals surface area contributed by atoms with E-state index in [9.17, 15) is 0 Å². The number of rotatable bonds is 9. The van der Waals surface area contributed by atoms with E-state index in [0.717, 1.165) is 50.7 Å². The lowest BCUT2D eigenvalue weighted by molar-refractivity contribution is 0.231. The molecule has 0 saturated carbocycles. The van der Waals surface area contributed by atoms with Gasteiger partial charge in [-0.15, -0.1) is 0 Å². The van der Waals surface area contributed by atoms with Gasteiger partial charge in [-0.25, -0.2) is 4.98 Å². The monoisotopic (exact) mass is 265 g/mol. The van der Waals surface area contributed by atoms with Crippen LogP contribution < -0.4 is 5.32 Å². The minimum absolute atomic E-state index is 0.849. The Balaban J connectivity index is 2.52. The summed E-state index contributed by atoms with van der Waals surface area (Å²) in [5.41, 5.74) is 1.04. The minimum Gasteiger partial charge on any atom is -0.369 e. The third kappa shape index (κ3) is 6.50. The van der Waals surface area contributed by atoms with Crippen LogP contribution in [-0.2, 0) is 6.54 Å². The molecule has 1 aromatic heterocycles. The van der Waals surface area contributed by atoms with Crippen molar-refractivity contribution >= 4 is 5.82 Å². The first-order valence-electron chi connectivity index (χ1n) is 7.07. The van der Waals surface area contributed by atoms with Crippen molar-refractivity contribution in [2.45, 2.75) is 26.8 Å². The van der Waals surface area contributed by atoms with Gasteiger partial charge in [-0.2, -0.15) is 0 Å². The molecule has 0 unspecified atom stereocenters. The lowest BCUT2D eigenvalue weighted by Crippen LogP contribution is -2.32. The first-order valence-corrected chi connectivity index (χ1v) is 7.07. The summed E-state index contributed by atoms with van der Waals surface area (Å²) in [6.45, 7) is 9.26. The van der Waals surface area contributed by atoms with E-state index in [1.807, 2.05) is 12.4 Å². The molecule has 0 spiro atoms. The quantitative estimate of drug-likeness (QED) is 0.736. The maximum atomic E-state index is 4.47. The molecule has 1 aromatic rings. The van der Waals surface area contributed by atoms with E-state index in [1.54, 1.807) is 0 Å². The molecule has 5 nitrogen and oxygen atoms in total. The van der Waals surface area contributed by atoms with Gasteiger partial charge in [0, 0.05) is 26.2 Å². The number of likely N-dealkylation sites (N-methyl/N-ethyl adjacent to an activating group) is 1. The fourth-order valence-electron chi connectivity index (χ4n) is 1.87. The van der Waals surface area contributed by atoms with Crippen molar-refractivity contribution in [3.63, 3.8) is 0 Å². The Hall–Kier alpha value is -1.20. The Morgan fingerprint density at radius 1 is 1.05 bits per heavy atom. The van der Waals surface area contributed by atoms with Crippen molar-refractivity contribution in [2.24, 2.45) is 0 Å². The molecule has 1 rings (SSSR count). The van der Waals surface area contributed by atoms with Gasteiger partial charge in [0.2, 0.25) is 0 Å². The van der Waals surface area contributed by atoms with Gasteiger partial charge in [-0.3, -0.25) is 9.88 Å². The van der Waals surface area contributed by atoms with Gasteiger partial charge in [0.05, 0.1) is 18.1 Å². The second-order valence-electron chi connectivity index (χ2n) is 5.00. The maximum absolute atomic E-state index is 4.47. The third-order valence-electron chi connectivity index (χ3n) is 2.85. The molecule has 0 aliphatic rings. The van der Waals surface area contributed by atoms with Crippen molar-refractivity contribution in [1.82, 2.24) is 19.8 Å². The number of nitrogens with one attached hydrogen (secondary N) is 1. The average Bonchev–Trinajstić information content (AvgIpc) is 2.39. The van der Waals surface area contributed by atoms with Gasteiger partial charge in [-0.05, 0) is 34.0 Å². The van der Waals surface area contributed by atoms with E-state index in [1.165, 1.54) is 0 Å². The number of anilines is 1. The Bertz CT molecular complexity index is 336. The maximum Gasteiger partial charge on any atom is 0.144 e. The van der Waals surface area contributed by atoms with Crippen LogP contribution >= 0.6 is 0 Å². The van der Waals surface area contributed by atoms with E-state index in [4.69, 9.17) is 0 Å². The summed E-state index contributed by atoms with van der Waals surface area (Å²) in [6, 6.07) is 0. The van der Waals surface area contributed by atoms with Crippen LogP contribution in [0, 0.1) is 0 Å². The lowest BCUT2D eigenvalue weighted by Gasteiger charge is -2.23. The van der Waals surface area contributed by atoms with Crippen LogP contribution in [0.5, 0.6) is 0 Å². The molecule has 0 amide bonds. The molecule has 0 atom stereocenters. The van der Waals surface area contributed by atoms with Crippen LogP contribution in [0.4, 0.5) is 5.82 Å². The van der Waals surface area contributed by atoms with Gasteiger partial charge in [-0.1, -0.05) is 6.92 Å². The minimum atomic E-state index is 0.849. The van der Waals surface area contributed by atoms with Crippen molar-refractivity contribution in [3.05, 3.63) is 18.1 Å². The molecule has 0 aliphatic heterocycles. The topological polar surface area (TPSA) is 44.3 Å². The summed E-state index contributed by atoms with van der Waals surface area (Å²) in [4.78, 5) is 13.5. The predicted molar refractivity (Wildman–Crippen MR) is 80.3 cm³/mol. The van der Waals surface area contributed by atoms with Crippen LogP contribution in [0.3, 0.4) is 0 Å². The zero-order chi connectivity index (χ0) is 14.1. The third-order valence-corrected chi connectivity index (χ3v) is 2.85. The number of hydrogen-bond donors (Lipinski definition) is 1. The number of aromatic nitrogens is 2. The second-order valence-corrected chi connectivity index (χ2v) is 5.00. The van der Waals surface area contributed by atoms with Crippen LogP contribution in [0.15, 0.2) is 12.4 Å². The number of hydrogen-bond acceptors (Lipinski definition) is 5. The molecular weight excluding hydrogens is 238 g/mol.